The average Bonchev–Trinajstić information content (AvgIpc) is 2.44. The lowest BCUT2D eigenvalue weighted by atomic mass is 10.0. The monoisotopic (exact) mass is 287 g/mol. The van der Waals surface area contributed by atoms with Gasteiger partial charge in [0.25, 0.3) is 0 Å². The van der Waals surface area contributed by atoms with Crippen molar-refractivity contribution in [2.24, 2.45) is 0 Å². The van der Waals surface area contributed by atoms with Crippen LogP contribution in [-0.2, 0) is 0 Å². The first-order valence-electron chi connectivity index (χ1n) is 5.76. The third-order valence-corrected chi connectivity index (χ3v) is 3.72. The molecule has 0 aliphatic carbocycles. The molecule has 0 aliphatic heterocycles. The van der Waals surface area contributed by atoms with Crippen LogP contribution in [0.5, 0.6) is 0 Å². The third-order valence-electron chi connectivity index (χ3n) is 2.82. The fourth-order valence-electron chi connectivity index (χ4n) is 1.80. The first kappa shape index (κ1) is 13.7. The second-order valence-electron chi connectivity index (χ2n) is 4.10. The van der Waals surface area contributed by atoms with E-state index in [1.165, 1.54) is 0 Å². The summed E-state index contributed by atoms with van der Waals surface area (Å²) in [7, 11) is 0. The summed E-state index contributed by atoms with van der Waals surface area (Å²) in [5.74, 6) is 0. The molecule has 2 aromatic carbocycles. The lowest BCUT2D eigenvalue weighted by Crippen LogP contribution is -1.88. The third kappa shape index (κ3) is 2.81. The van der Waals surface area contributed by atoms with E-state index in [0.29, 0.717) is 21.2 Å². The first-order valence-corrected chi connectivity index (χ1v) is 6.51. The molecule has 19 heavy (non-hydrogen) atoms. The zero-order valence-electron chi connectivity index (χ0n) is 10.3. The minimum atomic E-state index is 0.377. The van der Waals surface area contributed by atoms with Crippen LogP contribution in [0.2, 0.25) is 5.02 Å². The zero-order valence-corrected chi connectivity index (χ0v) is 11.8. The largest absolute Gasteiger partial charge is 0.192 e. The highest BCUT2D eigenvalue weighted by Crippen LogP contribution is 2.34. The SMILES string of the molecule is Cc1cccc(/C(Cl)=C(/C#N)c2ccccc2)c1Cl. The summed E-state index contributed by atoms with van der Waals surface area (Å²) in [5.41, 5.74) is 2.83. The summed E-state index contributed by atoms with van der Waals surface area (Å²) >= 11 is 12.6. The standard InChI is InChI=1S/C16H11Cl2N/c1-11-6-5-9-13(15(11)17)16(18)14(10-19)12-7-3-2-4-8-12/h2-9H,1H3/b16-14+. The molecule has 0 unspecified atom stereocenters. The topological polar surface area (TPSA) is 23.8 Å². The molecule has 1 nitrogen and oxygen atoms in total. The normalized spacial score (nSPS) is 11.7. The molecule has 0 atom stereocenters. The molecular formula is C16H11Cl2N. The minimum Gasteiger partial charge on any atom is -0.192 e. The van der Waals surface area contributed by atoms with Crippen molar-refractivity contribution in [3.05, 3.63) is 70.2 Å². The maximum Gasteiger partial charge on any atom is 0.101 e. The Kier molecular flexibility index (Phi) is 4.27. The Balaban J connectivity index is 2.63. The lowest BCUT2D eigenvalue weighted by Gasteiger charge is -2.08. The number of hydrogen-bond acceptors (Lipinski definition) is 1. The van der Waals surface area contributed by atoms with Gasteiger partial charge in [-0.2, -0.15) is 5.26 Å². The number of benzene rings is 2. The number of halogens is 2. The summed E-state index contributed by atoms with van der Waals surface area (Å²) in [6.45, 7) is 1.91. The molecule has 0 saturated heterocycles. The minimum absolute atomic E-state index is 0.377. The average molecular weight is 288 g/mol. The maximum atomic E-state index is 9.34. The molecule has 0 fully saturated rings. The number of allylic oxidation sites excluding steroid dienone is 1. The van der Waals surface area contributed by atoms with Crippen molar-refractivity contribution in [3.63, 3.8) is 0 Å². The smallest absolute Gasteiger partial charge is 0.101 e. The van der Waals surface area contributed by atoms with Crippen molar-refractivity contribution >= 4 is 33.8 Å². The number of nitriles is 1. The van der Waals surface area contributed by atoms with Crippen LogP contribution in [0.1, 0.15) is 16.7 Å². The van der Waals surface area contributed by atoms with Gasteiger partial charge in [-0.05, 0) is 18.1 Å². The molecule has 0 radical (unpaired) electrons. The van der Waals surface area contributed by atoms with Crippen LogP contribution in [0.4, 0.5) is 0 Å². The van der Waals surface area contributed by atoms with Gasteiger partial charge < -0.3 is 0 Å². The molecule has 0 saturated carbocycles. The van der Waals surface area contributed by atoms with Gasteiger partial charge in [-0.25, -0.2) is 0 Å². The van der Waals surface area contributed by atoms with Gasteiger partial charge in [0.15, 0.2) is 0 Å². The molecule has 0 aromatic heterocycles. The van der Waals surface area contributed by atoms with Gasteiger partial charge in [-0.15, -0.1) is 0 Å². The first-order chi connectivity index (χ1) is 9.15. The summed E-state index contributed by atoms with van der Waals surface area (Å²) in [4.78, 5) is 0. The van der Waals surface area contributed by atoms with E-state index in [1.54, 1.807) is 0 Å². The van der Waals surface area contributed by atoms with Gasteiger partial charge >= 0.3 is 0 Å². The second-order valence-corrected chi connectivity index (χ2v) is 4.86. The zero-order chi connectivity index (χ0) is 13.8. The van der Waals surface area contributed by atoms with Gasteiger partial charge in [-0.1, -0.05) is 71.7 Å². The van der Waals surface area contributed by atoms with Crippen LogP contribution in [0.15, 0.2) is 48.5 Å². The highest BCUT2D eigenvalue weighted by atomic mass is 35.5. The van der Waals surface area contributed by atoms with E-state index in [-0.39, 0.29) is 0 Å². The van der Waals surface area contributed by atoms with Gasteiger partial charge in [0.1, 0.15) is 6.07 Å². The van der Waals surface area contributed by atoms with Crippen molar-refractivity contribution < 1.29 is 0 Å². The Labute approximate surface area is 122 Å². The lowest BCUT2D eigenvalue weighted by molar-refractivity contribution is 1.45. The number of nitrogens with zero attached hydrogens (tertiary/aromatic N) is 1. The van der Waals surface area contributed by atoms with E-state index < -0.39 is 0 Å². The Morgan fingerprint density at radius 2 is 1.74 bits per heavy atom. The molecule has 0 bridgehead atoms. The van der Waals surface area contributed by atoms with E-state index in [2.05, 4.69) is 6.07 Å². The van der Waals surface area contributed by atoms with Crippen LogP contribution in [-0.4, -0.2) is 0 Å². The van der Waals surface area contributed by atoms with E-state index in [1.807, 2.05) is 55.5 Å². The molecule has 2 aromatic rings. The molecule has 0 heterocycles. The van der Waals surface area contributed by atoms with E-state index in [0.717, 1.165) is 11.1 Å². The summed E-state index contributed by atoms with van der Waals surface area (Å²) in [6.07, 6.45) is 0. The Hall–Kier alpha value is -1.75. The molecule has 94 valence electrons. The number of hydrogen-bond donors (Lipinski definition) is 0. The van der Waals surface area contributed by atoms with Gasteiger partial charge in [-0.3, -0.25) is 0 Å². The summed E-state index contributed by atoms with van der Waals surface area (Å²) < 4.78 is 0. The Morgan fingerprint density at radius 3 is 2.37 bits per heavy atom. The van der Waals surface area contributed by atoms with Crippen molar-refractivity contribution in [3.8, 4) is 6.07 Å². The van der Waals surface area contributed by atoms with Gasteiger partial charge in [0.05, 0.1) is 15.6 Å². The number of rotatable bonds is 2. The quantitative estimate of drug-likeness (QED) is 0.545. The van der Waals surface area contributed by atoms with Gasteiger partial charge in [0.2, 0.25) is 0 Å². The van der Waals surface area contributed by atoms with E-state index in [4.69, 9.17) is 23.2 Å². The van der Waals surface area contributed by atoms with E-state index >= 15 is 0 Å². The Bertz CT molecular complexity index is 667. The second kappa shape index (κ2) is 5.93. The fourth-order valence-corrected chi connectivity index (χ4v) is 2.37. The molecule has 0 spiro atoms. The molecule has 0 aliphatic rings. The summed E-state index contributed by atoms with van der Waals surface area (Å²) in [5, 5.41) is 10.3. The fraction of sp³-hybridized carbons (Fsp3) is 0.0625. The highest BCUT2D eigenvalue weighted by molar-refractivity contribution is 6.54. The maximum absolute atomic E-state index is 9.34. The predicted molar refractivity (Wildman–Crippen MR) is 80.9 cm³/mol. The van der Waals surface area contributed by atoms with Gasteiger partial charge in [0, 0.05) is 5.56 Å². The van der Waals surface area contributed by atoms with Crippen molar-refractivity contribution in [1.29, 1.82) is 5.26 Å². The summed E-state index contributed by atoms with van der Waals surface area (Å²) in [6, 6.07) is 17.1. The number of aryl methyl sites for hydroxylation is 1. The molecular weight excluding hydrogens is 277 g/mol. The van der Waals surface area contributed by atoms with Crippen LogP contribution < -0.4 is 0 Å². The van der Waals surface area contributed by atoms with Crippen molar-refractivity contribution in [2.75, 3.05) is 0 Å². The predicted octanol–water partition coefficient (Wildman–Crippen LogP) is 5.28. The molecule has 0 amide bonds. The van der Waals surface area contributed by atoms with Crippen LogP contribution in [0.25, 0.3) is 10.6 Å². The highest BCUT2D eigenvalue weighted by Gasteiger charge is 2.13. The Morgan fingerprint density at radius 1 is 1.05 bits per heavy atom. The van der Waals surface area contributed by atoms with Crippen LogP contribution in [0, 0.1) is 18.3 Å². The molecule has 3 heteroatoms. The molecule has 0 N–H and O–H groups in total. The van der Waals surface area contributed by atoms with E-state index in [9.17, 15) is 5.26 Å². The molecule has 2 rings (SSSR count). The van der Waals surface area contributed by atoms with Crippen molar-refractivity contribution in [1.82, 2.24) is 0 Å². The van der Waals surface area contributed by atoms with Crippen LogP contribution in [0.3, 0.4) is 0 Å². The van der Waals surface area contributed by atoms with Crippen molar-refractivity contribution in [2.45, 2.75) is 6.92 Å². The van der Waals surface area contributed by atoms with Crippen LogP contribution >= 0.6 is 23.2 Å².